The molecular weight excluding hydrogens is 430 g/mol. The molecule has 0 atom stereocenters. The van der Waals surface area contributed by atoms with E-state index in [0.717, 1.165) is 66.4 Å². The molecule has 3 aromatic carbocycles. The summed E-state index contributed by atoms with van der Waals surface area (Å²) in [4.78, 5) is 21.6. The van der Waals surface area contributed by atoms with E-state index in [9.17, 15) is 9.90 Å². The zero-order chi connectivity index (χ0) is 23.5. The van der Waals surface area contributed by atoms with E-state index in [1.165, 1.54) is 0 Å². The van der Waals surface area contributed by atoms with Crippen LogP contribution in [-0.2, 0) is 4.74 Å². The van der Waals surface area contributed by atoms with E-state index in [4.69, 9.17) is 9.47 Å². The number of aromatic amines is 1. The van der Waals surface area contributed by atoms with Gasteiger partial charge in [0.05, 0.1) is 24.3 Å². The van der Waals surface area contributed by atoms with Crippen LogP contribution in [0.2, 0.25) is 0 Å². The van der Waals surface area contributed by atoms with Crippen LogP contribution < -0.4 is 4.74 Å². The zero-order valence-electron chi connectivity index (χ0n) is 19.1. The average Bonchev–Trinajstić information content (AvgIpc) is 3.24. The molecule has 174 valence electrons. The molecule has 2 N–H and O–H groups in total. The summed E-state index contributed by atoms with van der Waals surface area (Å²) in [5.74, 6) is 0.568. The van der Waals surface area contributed by atoms with E-state index >= 15 is 0 Å². The smallest absolute Gasteiger partial charge is 0.337 e. The minimum atomic E-state index is -0.984. The number of imidazole rings is 1. The summed E-state index contributed by atoms with van der Waals surface area (Å²) in [6.45, 7) is 6.90. The zero-order valence-corrected chi connectivity index (χ0v) is 19.1. The van der Waals surface area contributed by atoms with Gasteiger partial charge >= 0.3 is 5.97 Å². The first-order valence-corrected chi connectivity index (χ1v) is 11.4. The van der Waals surface area contributed by atoms with Crippen molar-refractivity contribution >= 4 is 17.0 Å². The fourth-order valence-corrected chi connectivity index (χ4v) is 4.29. The number of aryl methyl sites for hydroxylation is 1. The first-order chi connectivity index (χ1) is 16.6. The van der Waals surface area contributed by atoms with Crippen molar-refractivity contribution in [3.63, 3.8) is 0 Å². The van der Waals surface area contributed by atoms with Crippen LogP contribution in [0.1, 0.15) is 16.2 Å². The molecule has 1 aromatic heterocycles. The molecule has 0 amide bonds. The minimum Gasteiger partial charge on any atom is -0.492 e. The number of hydrogen-bond acceptors (Lipinski definition) is 5. The molecule has 0 radical (unpaired) electrons. The average molecular weight is 458 g/mol. The summed E-state index contributed by atoms with van der Waals surface area (Å²) in [5.41, 5.74) is 5.37. The number of nitrogens with one attached hydrogen (secondary N) is 1. The number of aromatic carboxylic acids is 1. The third kappa shape index (κ3) is 4.81. The Balaban J connectivity index is 1.28. The Morgan fingerprint density at radius 3 is 2.26 bits per heavy atom. The standard InChI is InChI=1S/C27H27N3O4/c1-18-28-25-17-22(16-24(27(31)32)26(25)29-18)21-4-2-19(3-5-21)20-6-8-23(9-7-20)34-15-12-30-10-13-33-14-11-30/h2-9,16-17H,10-15H2,1H3,(H,28,29)(H,31,32). The maximum Gasteiger partial charge on any atom is 0.337 e. The highest BCUT2D eigenvalue weighted by Crippen LogP contribution is 2.29. The lowest BCUT2D eigenvalue weighted by Gasteiger charge is -2.26. The van der Waals surface area contributed by atoms with Gasteiger partial charge in [0, 0.05) is 19.6 Å². The van der Waals surface area contributed by atoms with Gasteiger partial charge in [0.15, 0.2) is 0 Å². The van der Waals surface area contributed by atoms with Gasteiger partial charge in [0.2, 0.25) is 0 Å². The van der Waals surface area contributed by atoms with Gasteiger partial charge in [0.1, 0.15) is 23.7 Å². The number of carbonyl (C=O) groups is 1. The summed E-state index contributed by atoms with van der Waals surface area (Å²) < 4.78 is 11.3. The normalized spacial score (nSPS) is 14.4. The van der Waals surface area contributed by atoms with Crippen LogP contribution in [0.5, 0.6) is 5.75 Å². The highest BCUT2D eigenvalue weighted by Gasteiger charge is 2.15. The van der Waals surface area contributed by atoms with Gasteiger partial charge in [-0.1, -0.05) is 36.4 Å². The first kappa shape index (κ1) is 22.1. The minimum absolute atomic E-state index is 0.199. The molecule has 0 saturated carbocycles. The second kappa shape index (κ2) is 9.67. The monoisotopic (exact) mass is 457 g/mol. The van der Waals surface area contributed by atoms with Crippen molar-refractivity contribution in [1.82, 2.24) is 14.9 Å². The van der Waals surface area contributed by atoms with Crippen molar-refractivity contribution in [3.8, 4) is 28.0 Å². The molecule has 0 aliphatic carbocycles. The molecule has 0 unspecified atom stereocenters. The Kier molecular flexibility index (Phi) is 6.29. The number of carboxylic acids is 1. The van der Waals surface area contributed by atoms with Gasteiger partial charge in [-0.15, -0.1) is 0 Å². The van der Waals surface area contributed by atoms with E-state index in [-0.39, 0.29) is 5.56 Å². The Morgan fingerprint density at radius 2 is 1.62 bits per heavy atom. The Morgan fingerprint density at radius 1 is 1.00 bits per heavy atom. The highest BCUT2D eigenvalue weighted by molar-refractivity contribution is 6.03. The summed E-state index contributed by atoms with van der Waals surface area (Å²) in [6.07, 6.45) is 0. The third-order valence-corrected chi connectivity index (χ3v) is 6.12. The number of ether oxygens (including phenoxy) is 2. The number of benzene rings is 3. The lowest BCUT2D eigenvalue weighted by molar-refractivity contribution is 0.0322. The molecular formula is C27H27N3O4. The van der Waals surface area contributed by atoms with Crippen LogP contribution in [0.25, 0.3) is 33.3 Å². The van der Waals surface area contributed by atoms with Gasteiger partial charge in [-0.3, -0.25) is 4.90 Å². The number of hydrogen-bond donors (Lipinski definition) is 2. The van der Waals surface area contributed by atoms with Crippen molar-refractivity contribution < 1.29 is 19.4 Å². The quantitative estimate of drug-likeness (QED) is 0.421. The lowest BCUT2D eigenvalue weighted by atomic mass is 9.98. The molecule has 0 bridgehead atoms. The third-order valence-electron chi connectivity index (χ3n) is 6.12. The fraction of sp³-hybridized carbons (Fsp3) is 0.259. The van der Waals surface area contributed by atoms with E-state index in [1.54, 1.807) is 6.07 Å². The highest BCUT2D eigenvalue weighted by atomic mass is 16.5. The Bertz CT molecular complexity index is 1290. The number of aromatic nitrogens is 2. The molecule has 1 aliphatic heterocycles. The maximum atomic E-state index is 11.7. The Labute approximate surface area is 198 Å². The molecule has 34 heavy (non-hydrogen) atoms. The molecule has 7 nitrogen and oxygen atoms in total. The predicted octanol–water partition coefficient (Wildman–Crippen LogP) is 4.61. The summed E-state index contributed by atoms with van der Waals surface area (Å²) >= 11 is 0. The number of carboxylic acid groups (broad SMARTS) is 1. The number of rotatable bonds is 7. The van der Waals surface area contributed by atoms with Gasteiger partial charge in [-0.05, 0) is 53.4 Å². The van der Waals surface area contributed by atoms with Crippen LogP contribution in [0, 0.1) is 6.92 Å². The van der Waals surface area contributed by atoms with Crippen molar-refractivity contribution in [2.75, 3.05) is 39.5 Å². The number of fused-ring (bicyclic) bond motifs is 1. The molecule has 2 heterocycles. The van der Waals surface area contributed by atoms with Gasteiger partial charge < -0.3 is 19.6 Å². The number of morpholine rings is 1. The van der Waals surface area contributed by atoms with Crippen LogP contribution in [0.3, 0.4) is 0 Å². The van der Waals surface area contributed by atoms with Crippen LogP contribution in [0.15, 0.2) is 60.7 Å². The molecule has 1 aliphatic rings. The van der Waals surface area contributed by atoms with Gasteiger partial charge in [-0.25, -0.2) is 9.78 Å². The number of H-pyrrole nitrogens is 1. The van der Waals surface area contributed by atoms with Crippen molar-refractivity contribution in [1.29, 1.82) is 0 Å². The van der Waals surface area contributed by atoms with Crippen molar-refractivity contribution in [2.24, 2.45) is 0 Å². The summed E-state index contributed by atoms with van der Waals surface area (Å²) in [6, 6.07) is 19.9. The van der Waals surface area contributed by atoms with E-state index in [2.05, 4.69) is 27.0 Å². The second-order valence-corrected chi connectivity index (χ2v) is 8.45. The van der Waals surface area contributed by atoms with Gasteiger partial charge in [0.25, 0.3) is 0 Å². The van der Waals surface area contributed by atoms with Crippen molar-refractivity contribution in [2.45, 2.75) is 6.92 Å². The second-order valence-electron chi connectivity index (χ2n) is 8.45. The molecule has 5 rings (SSSR count). The molecule has 7 heteroatoms. The largest absolute Gasteiger partial charge is 0.492 e. The predicted molar refractivity (Wildman–Crippen MR) is 131 cm³/mol. The first-order valence-electron chi connectivity index (χ1n) is 11.4. The Hall–Kier alpha value is -3.68. The van der Waals surface area contributed by atoms with Gasteiger partial charge in [-0.2, -0.15) is 0 Å². The molecule has 4 aromatic rings. The number of nitrogens with zero attached hydrogens (tertiary/aromatic N) is 2. The maximum absolute atomic E-state index is 11.7. The van der Waals surface area contributed by atoms with Crippen LogP contribution in [-0.4, -0.2) is 65.4 Å². The summed E-state index contributed by atoms with van der Waals surface area (Å²) in [7, 11) is 0. The SMILES string of the molecule is Cc1nc2c(C(=O)O)cc(-c3ccc(-c4ccc(OCCN5CCOCC5)cc4)cc3)cc2[nH]1. The van der Waals surface area contributed by atoms with Crippen LogP contribution >= 0.6 is 0 Å². The van der Waals surface area contributed by atoms with E-state index in [1.807, 2.05) is 49.4 Å². The molecule has 1 saturated heterocycles. The topological polar surface area (TPSA) is 87.7 Å². The molecule has 0 spiro atoms. The van der Waals surface area contributed by atoms with Crippen LogP contribution in [0.4, 0.5) is 0 Å². The van der Waals surface area contributed by atoms with Crippen molar-refractivity contribution in [3.05, 3.63) is 72.1 Å². The lowest BCUT2D eigenvalue weighted by Crippen LogP contribution is -2.38. The van der Waals surface area contributed by atoms with E-state index in [0.29, 0.717) is 17.9 Å². The van der Waals surface area contributed by atoms with E-state index < -0.39 is 5.97 Å². The molecule has 1 fully saturated rings. The fourth-order valence-electron chi connectivity index (χ4n) is 4.29. The summed E-state index contributed by atoms with van der Waals surface area (Å²) in [5, 5.41) is 9.63.